The molecule has 0 spiro atoms. The first-order chi connectivity index (χ1) is 9.40. The zero-order valence-electron chi connectivity index (χ0n) is 12.6. The van der Waals surface area contributed by atoms with Gasteiger partial charge in [0.2, 0.25) is 0 Å². The lowest BCUT2D eigenvalue weighted by Gasteiger charge is -2.13. The minimum atomic E-state index is -0.00538. The number of hydrogen-bond acceptors (Lipinski definition) is 2. The summed E-state index contributed by atoms with van der Waals surface area (Å²) in [5, 5.41) is 6.88. The average Bonchev–Trinajstić information content (AvgIpc) is 2.38. The minimum absolute atomic E-state index is 0.00538. The molecule has 110 valence electrons. The van der Waals surface area contributed by atoms with Crippen LogP contribution in [0, 0.1) is 5.92 Å². The second-order valence-corrected chi connectivity index (χ2v) is 5.75. The molecule has 1 aromatic carbocycles. The Bertz CT molecular complexity index is 455. The van der Waals surface area contributed by atoms with Gasteiger partial charge in [0, 0.05) is 31.9 Å². The third-order valence-corrected chi connectivity index (χ3v) is 3.05. The third-order valence-electron chi connectivity index (χ3n) is 2.80. The molecule has 0 radical (unpaired) electrons. The molecule has 0 saturated heterocycles. The summed E-state index contributed by atoms with van der Waals surface area (Å²) in [6.45, 7) is 5.22. The molecule has 1 amide bonds. The summed E-state index contributed by atoms with van der Waals surface area (Å²) in [7, 11) is 3.48. The molecule has 0 atom stereocenters. The second kappa shape index (κ2) is 7.85. The molecule has 0 bridgehead atoms. The highest BCUT2D eigenvalue weighted by atomic mass is 32.1. The first-order valence-electron chi connectivity index (χ1n) is 6.76. The predicted molar refractivity (Wildman–Crippen MR) is 88.1 cm³/mol. The van der Waals surface area contributed by atoms with E-state index in [-0.39, 0.29) is 5.91 Å². The standard InChI is InChI=1S/C15H23N3OS/c1-11(2)9-10-16-15(20)17-13-7-5-12(6-8-13)14(19)18(3)4/h5-8,11H,9-10H2,1-4H3,(H2,16,17,20). The Kier molecular flexibility index (Phi) is 6.45. The lowest BCUT2D eigenvalue weighted by molar-refractivity contribution is 0.0827. The Labute approximate surface area is 126 Å². The van der Waals surface area contributed by atoms with E-state index in [0.29, 0.717) is 16.6 Å². The molecule has 0 aliphatic heterocycles. The van der Waals surface area contributed by atoms with Crippen molar-refractivity contribution in [1.29, 1.82) is 0 Å². The van der Waals surface area contributed by atoms with Gasteiger partial charge < -0.3 is 15.5 Å². The topological polar surface area (TPSA) is 44.4 Å². The van der Waals surface area contributed by atoms with Crippen molar-refractivity contribution in [3.05, 3.63) is 29.8 Å². The number of benzene rings is 1. The number of carbonyl (C=O) groups excluding carboxylic acids is 1. The third kappa shape index (κ3) is 5.57. The van der Waals surface area contributed by atoms with Gasteiger partial charge in [-0.05, 0) is 48.8 Å². The van der Waals surface area contributed by atoms with Crippen LogP contribution in [0.4, 0.5) is 5.69 Å². The SMILES string of the molecule is CC(C)CCNC(=S)Nc1ccc(C(=O)N(C)C)cc1. The van der Waals surface area contributed by atoms with E-state index >= 15 is 0 Å². The summed E-state index contributed by atoms with van der Waals surface area (Å²) in [5.74, 6) is 0.649. The molecule has 0 aliphatic carbocycles. The van der Waals surface area contributed by atoms with Crippen LogP contribution in [0.2, 0.25) is 0 Å². The number of thiocarbonyl (C=S) groups is 1. The van der Waals surface area contributed by atoms with Crippen LogP contribution in [0.15, 0.2) is 24.3 Å². The number of hydrogen-bond donors (Lipinski definition) is 2. The quantitative estimate of drug-likeness (QED) is 0.819. The van der Waals surface area contributed by atoms with E-state index < -0.39 is 0 Å². The van der Waals surface area contributed by atoms with Crippen molar-refractivity contribution in [2.24, 2.45) is 5.92 Å². The van der Waals surface area contributed by atoms with Crippen molar-refractivity contribution in [1.82, 2.24) is 10.2 Å². The van der Waals surface area contributed by atoms with Crippen molar-refractivity contribution in [3.63, 3.8) is 0 Å². The van der Waals surface area contributed by atoms with Gasteiger partial charge in [-0.1, -0.05) is 13.8 Å². The lowest BCUT2D eigenvalue weighted by atomic mass is 10.1. The number of nitrogens with zero attached hydrogens (tertiary/aromatic N) is 1. The molecular formula is C15H23N3OS. The molecule has 20 heavy (non-hydrogen) atoms. The van der Waals surface area contributed by atoms with Gasteiger partial charge in [0.15, 0.2) is 5.11 Å². The van der Waals surface area contributed by atoms with Gasteiger partial charge in [0.25, 0.3) is 5.91 Å². The van der Waals surface area contributed by atoms with Crippen LogP contribution in [-0.2, 0) is 0 Å². The van der Waals surface area contributed by atoms with Crippen LogP contribution >= 0.6 is 12.2 Å². The van der Waals surface area contributed by atoms with Crippen LogP contribution in [0.5, 0.6) is 0 Å². The number of carbonyl (C=O) groups is 1. The highest BCUT2D eigenvalue weighted by Crippen LogP contribution is 2.10. The van der Waals surface area contributed by atoms with Gasteiger partial charge in [-0.25, -0.2) is 0 Å². The summed E-state index contributed by atoms with van der Waals surface area (Å²) >= 11 is 5.22. The summed E-state index contributed by atoms with van der Waals surface area (Å²) in [6.07, 6.45) is 1.08. The van der Waals surface area contributed by atoms with Crippen molar-refractivity contribution in [2.45, 2.75) is 20.3 Å². The molecule has 0 aromatic heterocycles. The summed E-state index contributed by atoms with van der Waals surface area (Å²) in [4.78, 5) is 13.3. The van der Waals surface area contributed by atoms with Crippen LogP contribution in [0.3, 0.4) is 0 Å². The van der Waals surface area contributed by atoms with Crippen molar-refractivity contribution < 1.29 is 4.79 Å². The van der Waals surface area contributed by atoms with Crippen LogP contribution in [-0.4, -0.2) is 36.6 Å². The average molecular weight is 293 g/mol. The van der Waals surface area contributed by atoms with E-state index in [4.69, 9.17) is 12.2 Å². The van der Waals surface area contributed by atoms with E-state index in [9.17, 15) is 4.79 Å². The van der Waals surface area contributed by atoms with Gasteiger partial charge in [0.05, 0.1) is 0 Å². The van der Waals surface area contributed by atoms with E-state index in [0.717, 1.165) is 18.7 Å². The second-order valence-electron chi connectivity index (χ2n) is 5.34. The molecule has 0 saturated carbocycles. The fraction of sp³-hybridized carbons (Fsp3) is 0.467. The normalized spacial score (nSPS) is 10.2. The molecule has 1 rings (SSSR count). The molecule has 4 nitrogen and oxygen atoms in total. The summed E-state index contributed by atoms with van der Waals surface area (Å²) in [6, 6.07) is 7.29. The largest absolute Gasteiger partial charge is 0.362 e. The first kappa shape index (κ1) is 16.4. The van der Waals surface area contributed by atoms with E-state index in [2.05, 4.69) is 24.5 Å². The maximum Gasteiger partial charge on any atom is 0.253 e. The molecule has 5 heteroatoms. The van der Waals surface area contributed by atoms with E-state index in [1.165, 1.54) is 0 Å². The fourth-order valence-electron chi connectivity index (χ4n) is 1.60. The first-order valence-corrected chi connectivity index (χ1v) is 7.17. The Morgan fingerprint density at radius 1 is 1.25 bits per heavy atom. The van der Waals surface area contributed by atoms with Gasteiger partial charge in [0.1, 0.15) is 0 Å². The predicted octanol–water partition coefficient (Wildman–Crippen LogP) is 2.72. The zero-order chi connectivity index (χ0) is 15.1. The van der Waals surface area contributed by atoms with Gasteiger partial charge in [-0.2, -0.15) is 0 Å². The number of rotatable bonds is 5. The smallest absolute Gasteiger partial charge is 0.253 e. The molecule has 2 N–H and O–H groups in total. The number of nitrogens with one attached hydrogen (secondary N) is 2. The lowest BCUT2D eigenvalue weighted by Crippen LogP contribution is -2.29. The Morgan fingerprint density at radius 3 is 2.35 bits per heavy atom. The van der Waals surface area contributed by atoms with Crippen molar-refractivity contribution in [2.75, 3.05) is 26.0 Å². The van der Waals surface area contributed by atoms with Gasteiger partial charge >= 0.3 is 0 Å². The number of amides is 1. The maximum absolute atomic E-state index is 11.8. The number of anilines is 1. The van der Waals surface area contributed by atoms with Crippen LogP contribution in [0.25, 0.3) is 0 Å². The molecule has 0 fully saturated rings. The van der Waals surface area contributed by atoms with Crippen LogP contribution in [0.1, 0.15) is 30.6 Å². The van der Waals surface area contributed by atoms with Crippen molar-refractivity contribution in [3.8, 4) is 0 Å². The highest BCUT2D eigenvalue weighted by molar-refractivity contribution is 7.80. The Hall–Kier alpha value is -1.62. The maximum atomic E-state index is 11.8. The molecular weight excluding hydrogens is 270 g/mol. The molecule has 0 aliphatic rings. The zero-order valence-corrected chi connectivity index (χ0v) is 13.4. The fourth-order valence-corrected chi connectivity index (χ4v) is 1.82. The molecule has 1 aromatic rings. The Morgan fingerprint density at radius 2 is 1.85 bits per heavy atom. The summed E-state index contributed by atoms with van der Waals surface area (Å²) < 4.78 is 0. The minimum Gasteiger partial charge on any atom is -0.362 e. The molecule has 0 heterocycles. The van der Waals surface area contributed by atoms with Crippen molar-refractivity contribution >= 4 is 28.9 Å². The van der Waals surface area contributed by atoms with Gasteiger partial charge in [-0.15, -0.1) is 0 Å². The van der Waals surface area contributed by atoms with Gasteiger partial charge in [-0.3, -0.25) is 4.79 Å². The van der Waals surface area contributed by atoms with Crippen LogP contribution < -0.4 is 10.6 Å². The van der Waals surface area contributed by atoms with E-state index in [1.807, 2.05) is 12.1 Å². The Balaban J connectivity index is 2.49. The summed E-state index contributed by atoms with van der Waals surface area (Å²) in [5.41, 5.74) is 1.54. The van der Waals surface area contributed by atoms with E-state index in [1.54, 1.807) is 31.1 Å². The monoisotopic (exact) mass is 293 g/mol. The highest BCUT2D eigenvalue weighted by Gasteiger charge is 2.07. The molecule has 0 unspecified atom stereocenters.